The van der Waals surface area contributed by atoms with Crippen molar-refractivity contribution in [1.82, 2.24) is 5.32 Å². The third kappa shape index (κ3) is 2.41. The summed E-state index contributed by atoms with van der Waals surface area (Å²) in [5.41, 5.74) is 8.11. The van der Waals surface area contributed by atoms with Crippen LogP contribution in [0.2, 0.25) is 0 Å². The summed E-state index contributed by atoms with van der Waals surface area (Å²) in [7, 11) is 0. The van der Waals surface area contributed by atoms with Crippen molar-refractivity contribution in [3.63, 3.8) is 0 Å². The second-order valence-electron chi connectivity index (χ2n) is 9.26. The molecule has 4 atom stereocenters. The summed E-state index contributed by atoms with van der Waals surface area (Å²) in [6.07, 6.45) is 7.86. The molecule has 2 fully saturated rings. The molecule has 1 aromatic carbocycles. The number of nitrogens with one attached hydrogen (secondary N) is 1. The summed E-state index contributed by atoms with van der Waals surface area (Å²) in [5.74, 6) is 1.48. The number of Topliss-reactive ketones (excluding diaryl/α,β-unsaturated/α-hetero) is 1. The van der Waals surface area contributed by atoms with Crippen LogP contribution in [0.25, 0.3) is 0 Å². The van der Waals surface area contributed by atoms with Crippen molar-refractivity contribution in [3.8, 4) is 5.75 Å². The molecule has 0 aromatic heterocycles. The number of rotatable bonds is 6. The van der Waals surface area contributed by atoms with Crippen LogP contribution >= 0.6 is 0 Å². The minimum atomic E-state index is -0.475. The molecule has 3 aliphatic carbocycles. The maximum atomic E-state index is 13.0. The van der Waals surface area contributed by atoms with Gasteiger partial charge in [-0.15, -0.1) is 0 Å². The molecular formula is C23H30N2O3. The Kier molecular flexibility index (Phi) is 4.27. The van der Waals surface area contributed by atoms with E-state index in [-0.39, 0.29) is 11.2 Å². The van der Waals surface area contributed by atoms with Crippen LogP contribution in [0.15, 0.2) is 12.1 Å². The fourth-order valence-corrected chi connectivity index (χ4v) is 6.42. The van der Waals surface area contributed by atoms with Crippen molar-refractivity contribution < 1.29 is 14.3 Å². The molecule has 1 amide bonds. The number of nitrogens with two attached hydrogens (primary N) is 1. The summed E-state index contributed by atoms with van der Waals surface area (Å²) >= 11 is 0. The molecular weight excluding hydrogens is 352 g/mol. The van der Waals surface area contributed by atoms with Crippen LogP contribution in [0.3, 0.4) is 0 Å². The number of ketones is 1. The first-order valence-corrected chi connectivity index (χ1v) is 10.9. The normalized spacial score (nSPS) is 33.2. The highest BCUT2D eigenvalue weighted by molar-refractivity contribution is 5.98. The molecule has 1 aromatic rings. The summed E-state index contributed by atoms with van der Waals surface area (Å²) in [5, 5.41) is 3.88. The third-order valence-electron chi connectivity index (χ3n) is 7.82. The van der Waals surface area contributed by atoms with E-state index < -0.39 is 12.0 Å². The van der Waals surface area contributed by atoms with Gasteiger partial charge in [0.15, 0.2) is 11.9 Å². The molecule has 5 rings (SSSR count). The highest BCUT2D eigenvalue weighted by atomic mass is 16.5. The molecule has 4 aliphatic rings. The molecule has 5 nitrogen and oxygen atoms in total. The van der Waals surface area contributed by atoms with E-state index in [0.717, 1.165) is 43.7 Å². The van der Waals surface area contributed by atoms with Crippen LogP contribution in [0.4, 0.5) is 0 Å². The Bertz CT molecular complexity index is 831. The third-order valence-corrected chi connectivity index (χ3v) is 7.82. The van der Waals surface area contributed by atoms with E-state index in [4.69, 9.17) is 10.5 Å². The zero-order valence-electron chi connectivity index (χ0n) is 16.6. The van der Waals surface area contributed by atoms with Gasteiger partial charge in [0.2, 0.25) is 0 Å². The maximum absolute atomic E-state index is 13.0. The van der Waals surface area contributed by atoms with Crippen LogP contribution in [-0.4, -0.2) is 30.4 Å². The number of hydrogen-bond acceptors (Lipinski definition) is 4. The Labute approximate surface area is 166 Å². The van der Waals surface area contributed by atoms with Crippen LogP contribution in [0.5, 0.6) is 5.75 Å². The molecule has 1 aliphatic heterocycles. The molecule has 0 saturated heterocycles. The topological polar surface area (TPSA) is 81.4 Å². The lowest BCUT2D eigenvalue weighted by molar-refractivity contribution is -0.134. The molecule has 5 heteroatoms. The van der Waals surface area contributed by atoms with E-state index in [0.29, 0.717) is 29.7 Å². The lowest BCUT2D eigenvalue weighted by Crippen LogP contribution is -2.61. The number of primary amides is 1. The standard InChI is InChI=1S/C23H30N2O3/c1-2-10-23-16-8-9-18(26)21(23)28-20-15(22(24)27)7-6-14(19(20)23)11-17(16)25-12-13-4-3-5-13/h6-7,13,16-17,21,25H,2-5,8-12H2,1H3,(H2,24,27)/t16-,17+,21-,23-/m0/s1. The molecule has 3 N–H and O–H groups in total. The first-order valence-electron chi connectivity index (χ1n) is 10.9. The van der Waals surface area contributed by atoms with Crippen molar-refractivity contribution in [2.24, 2.45) is 17.6 Å². The fraction of sp³-hybridized carbons (Fsp3) is 0.652. The van der Waals surface area contributed by atoms with Crippen molar-refractivity contribution in [2.45, 2.75) is 75.9 Å². The number of amides is 1. The number of carbonyl (C=O) groups is 2. The molecule has 28 heavy (non-hydrogen) atoms. The van der Waals surface area contributed by atoms with Crippen LogP contribution < -0.4 is 15.8 Å². The summed E-state index contributed by atoms with van der Waals surface area (Å²) in [4.78, 5) is 25.0. The first-order chi connectivity index (χ1) is 13.6. The predicted molar refractivity (Wildman–Crippen MR) is 107 cm³/mol. The first kappa shape index (κ1) is 18.2. The smallest absolute Gasteiger partial charge is 0.252 e. The molecule has 150 valence electrons. The van der Waals surface area contributed by atoms with Gasteiger partial charge >= 0.3 is 0 Å². The van der Waals surface area contributed by atoms with Gasteiger partial charge in [-0.25, -0.2) is 0 Å². The van der Waals surface area contributed by atoms with Gasteiger partial charge in [-0.05, 0) is 62.1 Å². The van der Waals surface area contributed by atoms with Gasteiger partial charge < -0.3 is 15.8 Å². The average Bonchev–Trinajstić information content (AvgIpc) is 2.97. The van der Waals surface area contributed by atoms with Gasteiger partial charge in [0.05, 0.1) is 5.56 Å². The van der Waals surface area contributed by atoms with Gasteiger partial charge in [-0.2, -0.15) is 0 Å². The van der Waals surface area contributed by atoms with Gasteiger partial charge in [0, 0.05) is 23.4 Å². The van der Waals surface area contributed by atoms with E-state index in [2.05, 4.69) is 18.3 Å². The van der Waals surface area contributed by atoms with E-state index in [1.807, 2.05) is 0 Å². The van der Waals surface area contributed by atoms with E-state index >= 15 is 0 Å². The lowest BCUT2D eigenvalue weighted by Gasteiger charge is -2.51. The Hall–Kier alpha value is -1.88. The fourth-order valence-electron chi connectivity index (χ4n) is 6.42. The minimum absolute atomic E-state index is 0.182. The minimum Gasteiger partial charge on any atom is -0.481 e. The molecule has 2 saturated carbocycles. The largest absolute Gasteiger partial charge is 0.481 e. The maximum Gasteiger partial charge on any atom is 0.252 e. The van der Waals surface area contributed by atoms with Crippen molar-refractivity contribution in [1.29, 1.82) is 0 Å². The van der Waals surface area contributed by atoms with Crippen molar-refractivity contribution in [3.05, 3.63) is 28.8 Å². The molecule has 1 heterocycles. The predicted octanol–water partition coefficient (Wildman–Crippen LogP) is 2.88. The van der Waals surface area contributed by atoms with Crippen molar-refractivity contribution in [2.75, 3.05) is 6.54 Å². The quantitative estimate of drug-likeness (QED) is 0.793. The van der Waals surface area contributed by atoms with Crippen LogP contribution in [0.1, 0.15) is 73.4 Å². The number of benzene rings is 1. The van der Waals surface area contributed by atoms with E-state index in [9.17, 15) is 9.59 Å². The number of hydrogen-bond donors (Lipinski definition) is 2. The zero-order valence-corrected chi connectivity index (χ0v) is 16.6. The highest BCUT2D eigenvalue weighted by Gasteiger charge is 2.63. The molecule has 0 bridgehead atoms. The Balaban J connectivity index is 1.62. The van der Waals surface area contributed by atoms with E-state index in [1.54, 1.807) is 6.07 Å². The summed E-state index contributed by atoms with van der Waals surface area (Å²) in [6, 6.07) is 4.21. The Morgan fingerprint density at radius 2 is 2.14 bits per heavy atom. The average molecular weight is 383 g/mol. The van der Waals surface area contributed by atoms with Crippen molar-refractivity contribution >= 4 is 11.7 Å². The van der Waals surface area contributed by atoms with Gasteiger partial charge in [0.1, 0.15) is 5.75 Å². The molecule has 0 spiro atoms. The Morgan fingerprint density at radius 1 is 1.32 bits per heavy atom. The van der Waals surface area contributed by atoms with Gasteiger partial charge in [0.25, 0.3) is 5.91 Å². The molecule has 0 radical (unpaired) electrons. The summed E-state index contributed by atoms with van der Waals surface area (Å²) < 4.78 is 6.29. The second-order valence-corrected chi connectivity index (χ2v) is 9.26. The van der Waals surface area contributed by atoms with Crippen LogP contribution in [0, 0.1) is 11.8 Å². The molecule has 0 unspecified atom stereocenters. The number of carbonyl (C=O) groups excluding carboxylic acids is 2. The summed E-state index contributed by atoms with van der Waals surface area (Å²) in [6.45, 7) is 3.25. The second kappa shape index (κ2) is 6.58. The van der Waals surface area contributed by atoms with Gasteiger partial charge in [-0.1, -0.05) is 25.8 Å². The number of ether oxygens (including phenoxy) is 1. The van der Waals surface area contributed by atoms with Gasteiger partial charge in [-0.3, -0.25) is 9.59 Å². The Morgan fingerprint density at radius 3 is 2.82 bits per heavy atom. The van der Waals surface area contributed by atoms with Crippen LogP contribution in [-0.2, 0) is 16.6 Å². The monoisotopic (exact) mass is 382 g/mol. The SMILES string of the molecule is CCC[C@]12c3c4ccc(C(N)=O)c3O[C@H]1C(=O)CC[C@H]2[C@H](NCC1CCC1)C4. The lowest BCUT2D eigenvalue weighted by atomic mass is 9.53. The van der Waals surface area contributed by atoms with E-state index in [1.165, 1.54) is 24.8 Å². The highest BCUT2D eigenvalue weighted by Crippen LogP contribution is 2.60. The zero-order chi connectivity index (χ0) is 19.5.